The summed E-state index contributed by atoms with van der Waals surface area (Å²) in [6, 6.07) is 4.32. The van der Waals surface area contributed by atoms with Gasteiger partial charge >= 0.3 is 127 Å². The molecule has 0 saturated heterocycles. The summed E-state index contributed by atoms with van der Waals surface area (Å²) in [6.45, 7) is 13.2. The van der Waals surface area contributed by atoms with E-state index in [1.165, 1.54) is 17.3 Å². The molecule has 2 nitrogen and oxygen atoms in total. The van der Waals surface area contributed by atoms with Crippen LogP contribution in [0.5, 0.6) is 5.75 Å². The zero-order valence-electron chi connectivity index (χ0n) is 12.2. The SMILES string of the molecule is CC(C)(C)c1cc(C=N)c([O][Tl])c(C(C)(C)C)c1. The maximum absolute atomic E-state index is 7.60. The van der Waals surface area contributed by atoms with E-state index in [4.69, 9.17) is 8.10 Å². The van der Waals surface area contributed by atoms with E-state index < -0.39 is 0 Å². The molecule has 0 saturated carbocycles. The molecule has 0 bridgehead atoms. The van der Waals surface area contributed by atoms with Crippen LogP contribution in [0.15, 0.2) is 12.1 Å². The summed E-state index contributed by atoms with van der Waals surface area (Å²) in [5.41, 5.74) is 3.48. The molecule has 1 aromatic carbocycles. The Labute approximate surface area is 127 Å². The quantitative estimate of drug-likeness (QED) is 0.556. The molecule has 0 aliphatic carbocycles. The molecular formula is C15H22NOTl. The zero-order valence-corrected chi connectivity index (χ0v) is 16.7. The molecule has 96 valence electrons. The van der Waals surface area contributed by atoms with Crippen LogP contribution in [-0.4, -0.2) is 32.4 Å². The van der Waals surface area contributed by atoms with E-state index in [9.17, 15) is 0 Å². The molecule has 18 heavy (non-hydrogen) atoms. The Hall–Kier alpha value is -0.388. The molecular weight excluding hydrogens is 415 g/mol. The number of benzene rings is 1. The average Bonchev–Trinajstić information content (AvgIpc) is 2.24. The molecule has 1 N–H and O–H groups in total. The first-order valence-electron chi connectivity index (χ1n) is 6.17. The normalized spacial score (nSPS) is 12.3. The molecule has 0 fully saturated rings. The fraction of sp³-hybridized carbons (Fsp3) is 0.533. The van der Waals surface area contributed by atoms with E-state index in [0.717, 1.165) is 11.3 Å². The van der Waals surface area contributed by atoms with Crippen molar-refractivity contribution >= 4 is 32.4 Å². The molecule has 3 heteroatoms. The molecule has 0 unspecified atom stereocenters. The van der Waals surface area contributed by atoms with Crippen LogP contribution >= 0.6 is 0 Å². The standard InChI is InChI=1S/C15H23NO.Tl/c1-14(2,3)11-7-10(9-16)13(17)12(8-11)15(4,5)6;/h7-9,16-17H,1-6H3;/q;+1/p-1. The Morgan fingerprint density at radius 2 is 1.61 bits per heavy atom. The van der Waals surface area contributed by atoms with Crippen LogP contribution in [0.25, 0.3) is 0 Å². The van der Waals surface area contributed by atoms with E-state index in [1.807, 2.05) is 0 Å². The summed E-state index contributed by atoms with van der Waals surface area (Å²) in [4.78, 5) is 0. The van der Waals surface area contributed by atoms with Crippen molar-refractivity contribution in [3.05, 3.63) is 28.8 Å². The van der Waals surface area contributed by atoms with Gasteiger partial charge in [-0.15, -0.1) is 0 Å². The van der Waals surface area contributed by atoms with Gasteiger partial charge in [-0.25, -0.2) is 0 Å². The first-order chi connectivity index (χ1) is 8.11. The molecule has 0 aliphatic heterocycles. The number of hydrogen-bond acceptors (Lipinski definition) is 2. The monoisotopic (exact) mass is 437 g/mol. The Balaban J connectivity index is 3.62. The molecule has 0 amide bonds. The van der Waals surface area contributed by atoms with Gasteiger partial charge in [-0.05, 0) is 0 Å². The first-order valence-corrected chi connectivity index (χ1v) is 8.00. The summed E-state index contributed by atoms with van der Waals surface area (Å²) in [5.74, 6) is 0.899. The van der Waals surface area contributed by atoms with Crippen LogP contribution in [0, 0.1) is 5.41 Å². The van der Waals surface area contributed by atoms with Crippen LogP contribution in [-0.2, 0) is 10.8 Å². The van der Waals surface area contributed by atoms with Gasteiger partial charge in [0.05, 0.1) is 0 Å². The third-order valence-electron chi connectivity index (χ3n) is 3.07. The summed E-state index contributed by atoms with van der Waals surface area (Å²) in [5, 5.41) is 7.60. The summed E-state index contributed by atoms with van der Waals surface area (Å²) in [6.07, 6.45) is 1.40. The van der Waals surface area contributed by atoms with E-state index in [0.29, 0.717) is 26.2 Å². The van der Waals surface area contributed by atoms with Crippen molar-refractivity contribution in [1.29, 1.82) is 5.41 Å². The van der Waals surface area contributed by atoms with Gasteiger partial charge in [-0.3, -0.25) is 0 Å². The van der Waals surface area contributed by atoms with Gasteiger partial charge in [-0.1, -0.05) is 0 Å². The van der Waals surface area contributed by atoms with Crippen LogP contribution in [0.2, 0.25) is 0 Å². The van der Waals surface area contributed by atoms with Crippen molar-refractivity contribution in [3.8, 4) is 5.75 Å². The predicted octanol–water partition coefficient (Wildman–Crippen LogP) is 3.74. The fourth-order valence-electron chi connectivity index (χ4n) is 1.88. The Kier molecular flexibility index (Phi) is 4.62. The predicted molar refractivity (Wildman–Crippen MR) is 78.1 cm³/mol. The van der Waals surface area contributed by atoms with Crippen molar-refractivity contribution in [1.82, 2.24) is 0 Å². The Bertz CT molecular complexity index is 453. The summed E-state index contributed by atoms with van der Waals surface area (Å²) in [7, 11) is 0. The van der Waals surface area contributed by atoms with Gasteiger partial charge in [0.2, 0.25) is 0 Å². The third kappa shape index (κ3) is 3.34. The molecule has 0 radical (unpaired) electrons. The molecule has 1 rings (SSSR count). The van der Waals surface area contributed by atoms with Crippen molar-refractivity contribution < 1.29 is 2.69 Å². The number of rotatable bonds is 2. The summed E-state index contributed by atoms with van der Waals surface area (Å²) >= 11 is 0.440. The van der Waals surface area contributed by atoms with E-state index in [2.05, 4.69) is 53.7 Å². The van der Waals surface area contributed by atoms with Crippen molar-refractivity contribution in [2.45, 2.75) is 52.4 Å². The van der Waals surface area contributed by atoms with Crippen LogP contribution in [0.3, 0.4) is 0 Å². The minimum atomic E-state index is 0.0310. The van der Waals surface area contributed by atoms with Gasteiger partial charge < -0.3 is 0 Å². The van der Waals surface area contributed by atoms with Gasteiger partial charge in [0.25, 0.3) is 0 Å². The van der Waals surface area contributed by atoms with Crippen LogP contribution < -0.4 is 2.69 Å². The molecule has 0 aromatic heterocycles. The average molecular weight is 437 g/mol. The fourth-order valence-corrected chi connectivity index (χ4v) is 2.90. The minimum absolute atomic E-state index is 0.0310. The van der Waals surface area contributed by atoms with Gasteiger partial charge in [0.15, 0.2) is 0 Å². The second-order valence-corrected chi connectivity index (χ2v) is 7.62. The van der Waals surface area contributed by atoms with Gasteiger partial charge in [-0.2, -0.15) is 0 Å². The number of hydrogen-bond donors (Lipinski definition) is 1. The topological polar surface area (TPSA) is 33.1 Å². The molecule has 0 spiro atoms. The van der Waals surface area contributed by atoms with Crippen LogP contribution in [0.4, 0.5) is 0 Å². The van der Waals surface area contributed by atoms with E-state index in [-0.39, 0.29) is 10.8 Å². The summed E-state index contributed by atoms with van der Waals surface area (Å²) < 4.78 is 5.68. The third-order valence-corrected chi connectivity index (χ3v) is 3.98. The van der Waals surface area contributed by atoms with E-state index >= 15 is 0 Å². The Morgan fingerprint density at radius 1 is 1.06 bits per heavy atom. The zero-order chi connectivity index (χ0) is 14.1. The Morgan fingerprint density at radius 3 is 1.94 bits per heavy atom. The van der Waals surface area contributed by atoms with Crippen molar-refractivity contribution in [2.75, 3.05) is 0 Å². The number of nitrogens with one attached hydrogen (secondary N) is 1. The van der Waals surface area contributed by atoms with E-state index in [1.54, 1.807) is 0 Å². The molecule has 0 aliphatic rings. The molecule has 0 heterocycles. The van der Waals surface area contributed by atoms with Gasteiger partial charge in [0.1, 0.15) is 0 Å². The second kappa shape index (κ2) is 5.31. The van der Waals surface area contributed by atoms with Crippen molar-refractivity contribution in [3.63, 3.8) is 0 Å². The maximum atomic E-state index is 7.60. The second-order valence-electron chi connectivity index (χ2n) is 6.70. The van der Waals surface area contributed by atoms with Crippen LogP contribution in [0.1, 0.15) is 58.2 Å². The molecule has 1 aromatic rings. The van der Waals surface area contributed by atoms with Gasteiger partial charge in [0, 0.05) is 0 Å². The first kappa shape index (κ1) is 15.7. The molecule has 0 atom stereocenters. The van der Waals surface area contributed by atoms with Crippen molar-refractivity contribution in [2.24, 2.45) is 0 Å².